The Morgan fingerprint density at radius 3 is 1.11 bits per heavy atom. The molecule has 4 N–H and O–H groups in total. The van der Waals surface area contributed by atoms with E-state index in [1.807, 2.05) is 172 Å². The van der Waals surface area contributed by atoms with Crippen LogP contribution in [0.4, 0.5) is 0 Å². The normalized spacial score (nSPS) is 20.0. The first kappa shape index (κ1) is 86.7. The van der Waals surface area contributed by atoms with Gasteiger partial charge in [-0.15, -0.1) is 11.3 Å². The van der Waals surface area contributed by atoms with E-state index in [-0.39, 0.29) is 31.1 Å². The van der Waals surface area contributed by atoms with Crippen LogP contribution in [0.2, 0.25) is 0 Å². The summed E-state index contributed by atoms with van der Waals surface area (Å²) < 4.78 is 35.3. The monoisotopic (exact) mass is 1550 g/mol. The maximum absolute atomic E-state index is 12.8. The van der Waals surface area contributed by atoms with Crippen LogP contribution in [0.5, 0.6) is 34.8 Å². The molecule has 1 saturated carbocycles. The summed E-state index contributed by atoms with van der Waals surface area (Å²) in [4.78, 5) is 62.1. The van der Waals surface area contributed by atoms with E-state index in [9.17, 15) is 19.2 Å². The van der Waals surface area contributed by atoms with Crippen molar-refractivity contribution in [1.29, 1.82) is 0 Å². The van der Waals surface area contributed by atoms with Gasteiger partial charge in [0.25, 0.3) is 0 Å². The van der Waals surface area contributed by atoms with Crippen molar-refractivity contribution in [2.75, 3.05) is 40.6 Å². The topological polar surface area (TPSA) is 215 Å². The lowest BCUT2D eigenvalue weighted by atomic mass is 9.79. The standard InChI is InChI=1S/C25H32N2O3.C24H29NO2S.C23H28N2O3.C21H27N3O2.CH4/c1-5-6-7-8-15-30-21-12-10-20(11-13-21)25(3)16-22(18(2)24(28)27-25)19-9-14-23(29-4)26-17-19;1-4-5-14-27-19-10-8-18(9-11-19)24(3)15-20(16(2)23(26)25-24)22-13-12-21(28-22)17-6-7-17;1-5-6-13-28-19-10-8-18(9-11-19)23(3)14-20(16(2)22(26)25-23)17-7-12-21(27-4)24-15-17;1-5-6-11-26-18-9-7-17(8-10-18)21(4)12-19(16(3)20(25)23-21)24-14-15(2)13-22-24;/h9-14,17H,5-8,15-16H2,1-4H3,(H,27,28);8-13,17H,4-7,14-15H2,1-3H3,(H,25,26);7-12,15H,5-6,13-14H2,1-4H3,(H,25,26);7-10,13-14H,5-6,11-12H2,1-4H3,(H,23,25);1H4/t25-;24-;23-;21-;/m0000./s1. The Bertz CT molecular complexity index is 4630. The van der Waals surface area contributed by atoms with Crippen LogP contribution in [-0.2, 0) is 41.3 Å². The van der Waals surface area contributed by atoms with Crippen molar-refractivity contribution in [1.82, 2.24) is 41.0 Å². The minimum absolute atomic E-state index is 0. The third-order valence-electron chi connectivity index (χ3n) is 21.8. The predicted molar refractivity (Wildman–Crippen MR) is 455 cm³/mol. The zero-order valence-corrected chi connectivity index (χ0v) is 69.3. The molecule has 0 spiro atoms. The molecule has 4 aromatic carbocycles. The van der Waals surface area contributed by atoms with Gasteiger partial charge in [0.15, 0.2) is 0 Å². The number of carbonyl (C=O) groups is 4. The van der Waals surface area contributed by atoms with Crippen LogP contribution in [0.25, 0.3) is 22.4 Å². The van der Waals surface area contributed by atoms with E-state index in [0.717, 1.165) is 179 Å². The lowest BCUT2D eigenvalue weighted by molar-refractivity contribution is -0.120. The molecular weight excluding hydrogens is 1430 g/mol. The molecule has 0 radical (unpaired) electrons. The van der Waals surface area contributed by atoms with E-state index >= 15 is 0 Å². The Morgan fingerprint density at radius 2 is 0.770 bits per heavy atom. The van der Waals surface area contributed by atoms with Crippen molar-refractivity contribution in [2.45, 2.75) is 228 Å². The number of unbranched alkanes of at least 4 members (excludes halogenated alkanes) is 6. The first-order chi connectivity index (χ1) is 53.9. The number of carbonyl (C=O) groups excluding carboxylic acids is 4. The first-order valence-corrected chi connectivity index (χ1v) is 40.8. The van der Waals surface area contributed by atoms with Crippen molar-refractivity contribution in [3.05, 3.63) is 229 Å². The van der Waals surface area contributed by atoms with Crippen molar-refractivity contribution < 1.29 is 47.6 Å². The van der Waals surface area contributed by atoms with Gasteiger partial charge in [0.05, 0.1) is 74.7 Å². The SMILES string of the molecule is C.CCCCCCOc1ccc([C@]2(C)CC(c3ccc(OC)nc3)=C(C)C(=O)N2)cc1.CCCCOc1ccc([C@]2(C)CC(c3ccc(C4CC4)s3)=C(C)C(=O)N2)cc1.CCCCOc1ccc([C@]2(C)CC(c3ccc(OC)nc3)=C(C)C(=O)N2)cc1.CCCCOc1ccc([C@]2(C)CC(n3cc(C)cn3)=C(C)C(=O)N2)cc1. The maximum atomic E-state index is 12.8. The van der Waals surface area contributed by atoms with Gasteiger partial charge in [0, 0.05) is 88.5 Å². The highest BCUT2D eigenvalue weighted by molar-refractivity contribution is 7.13. The summed E-state index contributed by atoms with van der Waals surface area (Å²) >= 11 is 1.87. The van der Waals surface area contributed by atoms with Gasteiger partial charge in [-0.05, 0) is 235 Å². The Kier molecular flexibility index (Phi) is 30.7. The minimum Gasteiger partial charge on any atom is -0.494 e. The molecule has 4 aromatic heterocycles. The summed E-state index contributed by atoms with van der Waals surface area (Å²) in [6.07, 6.45) is 24.0. The molecule has 19 heteroatoms. The molecule has 8 aromatic rings. The van der Waals surface area contributed by atoms with Gasteiger partial charge < -0.3 is 49.7 Å². The Labute approximate surface area is 675 Å². The molecule has 0 unspecified atom stereocenters. The lowest BCUT2D eigenvalue weighted by Gasteiger charge is -2.37. The molecule has 18 nitrogen and oxygen atoms in total. The molecule has 4 atom stereocenters. The number of aromatic nitrogens is 4. The lowest BCUT2D eigenvalue weighted by Crippen LogP contribution is -2.48. The van der Waals surface area contributed by atoms with Gasteiger partial charge in [-0.1, -0.05) is 122 Å². The summed E-state index contributed by atoms with van der Waals surface area (Å²) in [7, 11) is 3.18. The fourth-order valence-corrected chi connectivity index (χ4v) is 15.6. The summed E-state index contributed by atoms with van der Waals surface area (Å²) in [6.45, 7) is 29.4. The minimum atomic E-state index is -0.495. The largest absolute Gasteiger partial charge is 0.494 e. The molecule has 0 bridgehead atoms. The molecule has 1 aliphatic carbocycles. The van der Waals surface area contributed by atoms with Crippen molar-refractivity contribution in [3.8, 4) is 34.8 Å². The summed E-state index contributed by atoms with van der Waals surface area (Å²) in [5.41, 5.74) is 12.5. The Morgan fingerprint density at radius 1 is 0.416 bits per heavy atom. The van der Waals surface area contributed by atoms with E-state index < -0.39 is 22.2 Å². The fraction of sp³-hybridized carbons (Fsp3) is 0.436. The van der Waals surface area contributed by atoms with Crippen molar-refractivity contribution >= 4 is 57.4 Å². The van der Waals surface area contributed by atoms with Gasteiger partial charge in [-0.3, -0.25) is 19.2 Å². The summed E-state index contributed by atoms with van der Waals surface area (Å²) in [5.74, 6) is 5.23. The number of thiophene rings is 1. The second-order valence-electron chi connectivity index (χ2n) is 31.0. The van der Waals surface area contributed by atoms with Crippen LogP contribution in [-0.4, -0.2) is 84.0 Å². The van der Waals surface area contributed by atoms with Gasteiger partial charge in [-0.2, -0.15) is 5.10 Å². The number of nitrogens with one attached hydrogen (secondary N) is 4. The smallest absolute Gasteiger partial charge is 0.249 e. The molecule has 4 aliphatic heterocycles. The summed E-state index contributed by atoms with van der Waals surface area (Å²) in [6, 6.07) is 44.4. The molecule has 113 heavy (non-hydrogen) atoms. The second kappa shape index (κ2) is 40.0. The number of aryl methyl sites for hydroxylation is 1. The number of ether oxygens (including phenoxy) is 6. The quantitative estimate of drug-likeness (QED) is 0.0321. The van der Waals surface area contributed by atoms with Crippen LogP contribution >= 0.6 is 11.3 Å². The number of hydrogen-bond acceptors (Lipinski definition) is 14. The fourth-order valence-electron chi connectivity index (χ4n) is 14.3. The maximum Gasteiger partial charge on any atom is 0.249 e. The molecule has 8 heterocycles. The molecule has 1 fully saturated rings. The molecule has 4 amide bonds. The number of hydrogen-bond donors (Lipinski definition) is 4. The number of methoxy groups -OCH3 is 2. The third-order valence-corrected chi connectivity index (χ3v) is 23.1. The average Bonchev–Trinajstić information content (AvgIpc) is 1.30. The predicted octanol–water partition coefficient (Wildman–Crippen LogP) is 20.4. The van der Waals surface area contributed by atoms with Crippen molar-refractivity contribution in [2.24, 2.45) is 0 Å². The van der Waals surface area contributed by atoms with E-state index in [2.05, 4.69) is 116 Å². The number of amides is 4. The van der Waals surface area contributed by atoms with Crippen LogP contribution in [0.1, 0.15) is 248 Å². The molecular formula is C94H120N8O10S. The molecule has 0 saturated heterocycles. The highest BCUT2D eigenvalue weighted by Gasteiger charge is 2.41. The van der Waals surface area contributed by atoms with Crippen LogP contribution < -0.4 is 49.7 Å². The van der Waals surface area contributed by atoms with E-state index in [1.54, 1.807) is 26.6 Å². The molecule has 13 rings (SSSR count). The van der Waals surface area contributed by atoms with E-state index in [1.165, 1.54) is 47.4 Å². The van der Waals surface area contributed by atoms with Crippen LogP contribution in [0.15, 0.2) is 181 Å². The Balaban J connectivity index is 0.000000172. The zero-order chi connectivity index (χ0) is 80.2. The van der Waals surface area contributed by atoms with Crippen molar-refractivity contribution in [3.63, 3.8) is 0 Å². The van der Waals surface area contributed by atoms with E-state index in [0.29, 0.717) is 36.6 Å². The summed E-state index contributed by atoms with van der Waals surface area (Å²) in [5, 5.41) is 17.2. The average molecular weight is 1550 g/mol. The molecule has 602 valence electrons. The van der Waals surface area contributed by atoms with Gasteiger partial charge in [-0.25, -0.2) is 14.6 Å². The second-order valence-corrected chi connectivity index (χ2v) is 32.1. The third kappa shape index (κ3) is 22.4. The number of benzene rings is 4. The highest BCUT2D eigenvalue weighted by Crippen LogP contribution is 2.48. The Hall–Kier alpha value is -10.3. The van der Waals surface area contributed by atoms with Gasteiger partial charge >= 0.3 is 0 Å². The van der Waals surface area contributed by atoms with Crippen LogP contribution in [0.3, 0.4) is 0 Å². The van der Waals surface area contributed by atoms with Gasteiger partial charge in [0.1, 0.15) is 23.0 Å². The number of nitrogens with zero attached hydrogens (tertiary/aromatic N) is 4. The van der Waals surface area contributed by atoms with Crippen LogP contribution in [0, 0.1) is 6.92 Å². The highest BCUT2D eigenvalue weighted by atomic mass is 32.1. The number of pyridine rings is 2. The van der Waals surface area contributed by atoms with Gasteiger partial charge in [0.2, 0.25) is 35.4 Å². The van der Waals surface area contributed by atoms with E-state index in [4.69, 9.17) is 28.4 Å². The number of rotatable bonds is 29. The first-order valence-electron chi connectivity index (χ1n) is 40.0. The zero-order valence-electron chi connectivity index (χ0n) is 68.5. The molecule has 5 aliphatic rings.